The number of hydrogen-bond donors (Lipinski definition) is 1. The normalized spacial score (nSPS) is 22.4. The highest BCUT2D eigenvalue weighted by Gasteiger charge is 2.32. The molecule has 1 amide bonds. The van der Waals surface area contributed by atoms with Crippen molar-refractivity contribution in [1.82, 2.24) is 14.7 Å². The van der Waals surface area contributed by atoms with Gasteiger partial charge >= 0.3 is 5.97 Å². The topological polar surface area (TPSA) is 75.4 Å². The molecule has 2 rings (SSSR count). The summed E-state index contributed by atoms with van der Waals surface area (Å²) >= 11 is 0. The van der Waals surface area contributed by atoms with Crippen molar-refractivity contribution >= 4 is 11.9 Å². The van der Waals surface area contributed by atoms with Crippen molar-refractivity contribution in [3.8, 4) is 0 Å². The fraction of sp³-hybridized carbons (Fsp3) is 0.643. The van der Waals surface area contributed by atoms with Gasteiger partial charge in [0.1, 0.15) is 0 Å². The number of rotatable bonds is 5. The Labute approximate surface area is 118 Å². The first-order valence-electron chi connectivity index (χ1n) is 7.03. The molecular weight excluding hydrogens is 258 g/mol. The van der Waals surface area contributed by atoms with Crippen LogP contribution in [0.1, 0.15) is 25.7 Å². The lowest BCUT2D eigenvalue weighted by Gasteiger charge is -2.29. The third kappa shape index (κ3) is 3.59. The second-order valence-corrected chi connectivity index (χ2v) is 5.43. The van der Waals surface area contributed by atoms with Crippen LogP contribution in [0, 0.1) is 11.8 Å². The quantitative estimate of drug-likeness (QED) is 0.879. The van der Waals surface area contributed by atoms with Gasteiger partial charge in [0.2, 0.25) is 5.91 Å². The van der Waals surface area contributed by atoms with Crippen LogP contribution < -0.4 is 0 Å². The lowest BCUT2D eigenvalue weighted by Crippen LogP contribution is -2.38. The van der Waals surface area contributed by atoms with Crippen molar-refractivity contribution in [3.63, 3.8) is 0 Å². The second-order valence-electron chi connectivity index (χ2n) is 5.43. The zero-order valence-corrected chi connectivity index (χ0v) is 11.7. The van der Waals surface area contributed by atoms with Gasteiger partial charge in [-0.25, -0.2) is 0 Å². The largest absolute Gasteiger partial charge is 0.481 e. The van der Waals surface area contributed by atoms with Crippen molar-refractivity contribution in [3.05, 3.63) is 18.5 Å². The predicted octanol–water partition coefficient (Wildman–Crippen LogP) is 1.23. The number of carboxylic acid groups (broad SMARTS) is 1. The van der Waals surface area contributed by atoms with E-state index in [1.165, 1.54) is 0 Å². The molecule has 1 aliphatic carbocycles. The summed E-state index contributed by atoms with van der Waals surface area (Å²) in [5, 5.41) is 13.2. The molecule has 0 bridgehead atoms. The molecule has 0 radical (unpaired) electrons. The summed E-state index contributed by atoms with van der Waals surface area (Å²) in [5.41, 5.74) is 0. The summed E-state index contributed by atoms with van der Waals surface area (Å²) < 4.78 is 1.78. The average molecular weight is 279 g/mol. The van der Waals surface area contributed by atoms with E-state index < -0.39 is 5.97 Å². The summed E-state index contributed by atoms with van der Waals surface area (Å²) in [6.07, 6.45) is 6.35. The number of carbonyl (C=O) groups is 2. The van der Waals surface area contributed by atoms with Gasteiger partial charge in [0.15, 0.2) is 0 Å². The highest BCUT2D eigenvalue weighted by atomic mass is 16.4. The van der Waals surface area contributed by atoms with Crippen LogP contribution in [0.3, 0.4) is 0 Å². The van der Waals surface area contributed by atoms with Gasteiger partial charge in [-0.2, -0.15) is 5.10 Å². The molecule has 1 heterocycles. The summed E-state index contributed by atoms with van der Waals surface area (Å²) in [5.74, 6) is -1.23. The zero-order valence-electron chi connectivity index (χ0n) is 11.7. The minimum absolute atomic E-state index is 0.0584. The van der Waals surface area contributed by atoms with E-state index in [0.717, 1.165) is 12.8 Å². The van der Waals surface area contributed by atoms with Gasteiger partial charge < -0.3 is 10.0 Å². The minimum Gasteiger partial charge on any atom is -0.481 e. The van der Waals surface area contributed by atoms with E-state index in [2.05, 4.69) is 5.10 Å². The molecule has 1 N–H and O–H groups in total. The molecule has 110 valence electrons. The maximum atomic E-state index is 12.3. The Morgan fingerprint density at radius 2 is 2.15 bits per heavy atom. The molecule has 0 saturated heterocycles. The number of carbonyl (C=O) groups excluding carboxylic acids is 1. The zero-order chi connectivity index (χ0) is 14.5. The molecule has 0 aliphatic heterocycles. The second kappa shape index (κ2) is 6.54. The summed E-state index contributed by atoms with van der Waals surface area (Å²) in [4.78, 5) is 25.1. The first-order valence-corrected chi connectivity index (χ1v) is 7.03. The number of nitrogens with zero attached hydrogens (tertiary/aromatic N) is 3. The first-order chi connectivity index (χ1) is 9.58. The standard InChI is InChI=1S/C14H21N3O3/c1-16(8-9-17-7-3-6-15-17)13(18)11-4-2-5-12(10-11)14(19)20/h3,6-7,11-12H,2,4-5,8-10H2,1H3,(H,19,20). The molecular formula is C14H21N3O3. The Balaban J connectivity index is 1.84. The molecule has 6 heteroatoms. The van der Waals surface area contributed by atoms with Gasteiger partial charge in [-0.15, -0.1) is 0 Å². The SMILES string of the molecule is CN(CCn1cccn1)C(=O)C1CCCC(C(=O)O)C1. The molecule has 6 nitrogen and oxygen atoms in total. The third-order valence-electron chi connectivity index (χ3n) is 3.97. The summed E-state index contributed by atoms with van der Waals surface area (Å²) in [7, 11) is 1.77. The Morgan fingerprint density at radius 1 is 1.40 bits per heavy atom. The number of hydrogen-bond acceptors (Lipinski definition) is 3. The van der Waals surface area contributed by atoms with Crippen molar-refractivity contribution in [2.75, 3.05) is 13.6 Å². The lowest BCUT2D eigenvalue weighted by molar-refractivity contribution is -0.145. The van der Waals surface area contributed by atoms with Crippen LogP contribution in [-0.4, -0.2) is 45.3 Å². The first kappa shape index (κ1) is 14.6. The van der Waals surface area contributed by atoms with Crippen LogP contribution in [0.2, 0.25) is 0 Å². The van der Waals surface area contributed by atoms with Gasteiger partial charge in [-0.3, -0.25) is 14.3 Å². The highest BCUT2D eigenvalue weighted by molar-refractivity contribution is 5.80. The van der Waals surface area contributed by atoms with Crippen LogP contribution >= 0.6 is 0 Å². The minimum atomic E-state index is -0.776. The fourth-order valence-corrected chi connectivity index (χ4v) is 2.75. The Hall–Kier alpha value is -1.85. The smallest absolute Gasteiger partial charge is 0.306 e. The van der Waals surface area contributed by atoms with Gasteiger partial charge in [-0.05, 0) is 25.3 Å². The molecule has 2 atom stereocenters. The van der Waals surface area contributed by atoms with Crippen LogP contribution in [0.15, 0.2) is 18.5 Å². The Morgan fingerprint density at radius 3 is 2.80 bits per heavy atom. The van der Waals surface area contributed by atoms with Crippen LogP contribution in [-0.2, 0) is 16.1 Å². The third-order valence-corrected chi connectivity index (χ3v) is 3.97. The molecule has 20 heavy (non-hydrogen) atoms. The Kier molecular flexibility index (Phi) is 4.76. The van der Waals surface area contributed by atoms with Crippen molar-refractivity contribution < 1.29 is 14.7 Å². The van der Waals surface area contributed by atoms with E-state index in [-0.39, 0.29) is 17.7 Å². The number of aliphatic carboxylic acids is 1. The molecule has 1 aromatic heterocycles. The fourth-order valence-electron chi connectivity index (χ4n) is 2.75. The van der Waals surface area contributed by atoms with Crippen molar-refractivity contribution in [2.24, 2.45) is 11.8 Å². The highest BCUT2D eigenvalue weighted by Crippen LogP contribution is 2.30. The van der Waals surface area contributed by atoms with Crippen molar-refractivity contribution in [2.45, 2.75) is 32.2 Å². The summed E-state index contributed by atoms with van der Waals surface area (Å²) in [6.45, 7) is 1.25. The van der Waals surface area contributed by atoms with Gasteiger partial charge in [0.05, 0.1) is 12.5 Å². The molecule has 1 fully saturated rings. The Bertz CT molecular complexity index is 458. The average Bonchev–Trinajstić information content (AvgIpc) is 2.97. The molecule has 0 aromatic carbocycles. The van der Waals surface area contributed by atoms with Gasteiger partial charge in [-0.1, -0.05) is 6.42 Å². The van der Waals surface area contributed by atoms with E-state index in [9.17, 15) is 9.59 Å². The molecule has 0 spiro atoms. The molecule has 1 aliphatic rings. The maximum absolute atomic E-state index is 12.3. The molecule has 2 unspecified atom stereocenters. The van der Waals surface area contributed by atoms with Gasteiger partial charge in [0, 0.05) is 31.9 Å². The molecule has 1 aromatic rings. The van der Waals surface area contributed by atoms with Crippen molar-refractivity contribution in [1.29, 1.82) is 0 Å². The lowest BCUT2D eigenvalue weighted by atomic mass is 9.81. The number of likely N-dealkylation sites (N-methyl/N-ethyl adjacent to an activating group) is 1. The monoisotopic (exact) mass is 279 g/mol. The van der Waals surface area contributed by atoms with E-state index >= 15 is 0 Å². The molecule has 1 saturated carbocycles. The maximum Gasteiger partial charge on any atom is 0.306 e. The van der Waals surface area contributed by atoms with E-state index in [1.807, 2.05) is 12.3 Å². The van der Waals surface area contributed by atoms with E-state index in [1.54, 1.807) is 22.8 Å². The van der Waals surface area contributed by atoms with Crippen LogP contribution in [0.5, 0.6) is 0 Å². The number of aromatic nitrogens is 2. The van der Waals surface area contributed by atoms with E-state index in [4.69, 9.17) is 5.11 Å². The van der Waals surface area contributed by atoms with E-state index in [0.29, 0.717) is 25.9 Å². The number of amides is 1. The van der Waals surface area contributed by atoms with Gasteiger partial charge in [0.25, 0.3) is 0 Å². The van der Waals surface area contributed by atoms with Crippen LogP contribution in [0.25, 0.3) is 0 Å². The predicted molar refractivity (Wildman–Crippen MR) is 72.9 cm³/mol. The summed E-state index contributed by atoms with van der Waals surface area (Å²) in [6, 6.07) is 1.85. The van der Waals surface area contributed by atoms with Crippen LogP contribution in [0.4, 0.5) is 0 Å². The number of carboxylic acids is 1.